The van der Waals surface area contributed by atoms with E-state index in [0.29, 0.717) is 6.54 Å². The van der Waals surface area contributed by atoms with Crippen molar-refractivity contribution in [3.63, 3.8) is 0 Å². The van der Waals surface area contributed by atoms with Crippen LogP contribution in [-0.2, 0) is 17.5 Å². The van der Waals surface area contributed by atoms with Crippen molar-refractivity contribution in [3.8, 4) is 11.4 Å². The van der Waals surface area contributed by atoms with Gasteiger partial charge in [-0.1, -0.05) is 24.2 Å². The van der Waals surface area contributed by atoms with E-state index in [1.807, 2.05) is 6.92 Å². The van der Waals surface area contributed by atoms with Gasteiger partial charge < -0.3 is 9.63 Å². The Balaban J connectivity index is 2.17. The number of rotatable bonds is 7. The average molecular weight is 343 g/mol. The maximum atomic E-state index is 12.7. The Hall–Kier alpha value is -2.42. The predicted molar refractivity (Wildman–Crippen MR) is 77.9 cm³/mol. The second-order valence-corrected chi connectivity index (χ2v) is 5.19. The van der Waals surface area contributed by atoms with Gasteiger partial charge in [0.25, 0.3) is 0 Å². The maximum Gasteiger partial charge on any atom is 0.416 e. The number of carbonyl (C=O) groups is 1. The van der Waals surface area contributed by atoms with E-state index >= 15 is 0 Å². The first-order chi connectivity index (χ1) is 11.3. The zero-order chi connectivity index (χ0) is 17.7. The van der Waals surface area contributed by atoms with Gasteiger partial charge in [0.2, 0.25) is 11.7 Å². The highest BCUT2D eigenvalue weighted by atomic mass is 19.4. The predicted octanol–water partition coefficient (Wildman–Crippen LogP) is 3.05. The molecule has 0 radical (unpaired) electrons. The number of hydrogen-bond acceptors (Lipinski definition) is 5. The van der Waals surface area contributed by atoms with Gasteiger partial charge in [0, 0.05) is 5.56 Å². The fourth-order valence-electron chi connectivity index (χ4n) is 2.18. The molecule has 1 aromatic heterocycles. The van der Waals surface area contributed by atoms with Gasteiger partial charge in [-0.15, -0.1) is 0 Å². The molecule has 130 valence electrons. The Morgan fingerprint density at radius 1 is 1.38 bits per heavy atom. The molecular formula is C15H16F3N3O3. The van der Waals surface area contributed by atoms with Crippen LogP contribution < -0.4 is 0 Å². The lowest BCUT2D eigenvalue weighted by Gasteiger charge is -2.16. The Morgan fingerprint density at radius 3 is 2.75 bits per heavy atom. The minimum Gasteiger partial charge on any atom is -0.480 e. The molecule has 0 saturated carbocycles. The van der Waals surface area contributed by atoms with Crippen LogP contribution in [0.15, 0.2) is 28.8 Å². The summed E-state index contributed by atoms with van der Waals surface area (Å²) in [6.07, 6.45) is -3.72. The Morgan fingerprint density at radius 2 is 2.12 bits per heavy atom. The van der Waals surface area contributed by atoms with Crippen molar-refractivity contribution in [2.75, 3.05) is 13.1 Å². The molecule has 1 aromatic carbocycles. The lowest BCUT2D eigenvalue weighted by molar-refractivity contribution is -0.139. The van der Waals surface area contributed by atoms with Gasteiger partial charge in [-0.25, -0.2) is 0 Å². The Bertz CT molecular complexity index is 701. The molecule has 0 aliphatic rings. The van der Waals surface area contributed by atoms with Gasteiger partial charge in [0.05, 0.1) is 18.7 Å². The Labute approximate surface area is 135 Å². The van der Waals surface area contributed by atoms with E-state index in [4.69, 9.17) is 9.63 Å². The summed E-state index contributed by atoms with van der Waals surface area (Å²) in [7, 11) is 0. The standard InChI is InChI=1S/C15H16F3N3O3/c1-2-6-21(9-13(22)23)8-12-19-14(20-24-12)10-4-3-5-11(7-10)15(16,17)18/h3-5,7H,2,6,8-9H2,1H3,(H,22,23). The smallest absolute Gasteiger partial charge is 0.416 e. The normalized spacial score (nSPS) is 11.9. The third-order valence-electron chi connectivity index (χ3n) is 3.17. The molecule has 1 heterocycles. The summed E-state index contributed by atoms with van der Waals surface area (Å²) in [5.41, 5.74) is -0.620. The van der Waals surface area contributed by atoms with Crippen LogP contribution in [0.2, 0.25) is 0 Å². The molecule has 0 fully saturated rings. The molecule has 0 aliphatic heterocycles. The topological polar surface area (TPSA) is 79.5 Å². The minimum absolute atomic E-state index is 0.0304. The molecule has 0 atom stereocenters. The number of aromatic nitrogens is 2. The van der Waals surface area contributed by atoms with Crippen LogP contribution in [0.3, 0.4) is 0 Å². The quantitative estimate of drug-likeness (QED) is 0.832. The first-order valence-electron chi connectivity index (χ1n) is 7.24. The molecule has 0 unspecified atom stereocenters. The molecular weight excluding hydrogens is 327 g/mol. The number of carboxylic acid groups (broad SMARTS) is 1. The van der Waals surface area contributed by atoms with E-state index in [2.05, 4.69) is 10.1 Å². The van der Waals surface area contributed by atoms with Gasteiger partial charge in [-0.3, -0.25) is 9.69 Å². The zero-order valence-corrected chi connectivity index (χ0v) is 12.9. The number of carboxylic acids is 1. The van der Waals surface area contributed by atoms with Gasteiger partial charge in [0.15, 0.2) is 0 Å². The molecule has 2 rings (SSSR count). The average Bonchev–Trinajstić information content (AvgIpc) is 2.94. The first kappa shape index (κ1) is 17.9. The van der Waals surface area contributed by atoms with E-state index < -0.39 is 17.7 Å². The minimum atomic E-state index is -4.46. The lowest BCUT2D eigenvalue weighted by Crippen LogP contribution is -2.30. The fourth-order valence-corrected chi connectivity index (χ4v) is 2.18. The van der Waals surface area contributed by atoms with E-state index in [1.165, 1.54) is 12.1 Å². The molecule has 0 saturated heterocycles. The first-order valence-corrected chi connectivity index (χ1v) is 7.24. The van der Waals surface area contributed by atoms with Gasteiger partial charge >= 0.3 is 12.1 Å². The zero-order valence-electron chi connectivity index (χ0n) is 12.9. The highest BCUT2D eigenvalue weighted by Gasteiger charge is 2.30. The number of hydrogen-bond donors (Lipinski definition) is 1. The molecule has 2 aromatic rings. The molecule has 0 bridgehead atoms. The number of nitrogens with zero attached hydrogens (tertiary/aromatic N) is 3. The SMILES string of the molecule is CCCN(CC(=O)O)Cc1nc(-c2cccc(C(F)(F)F)c2)no1. The second kappa shape index (κ2) is 7.43. The van der Waals surface area contributed by atoms with Crippen LogP contribution in [0, 0.1) is 0 Å². The van der Waals surface area contributed by atoms with Crippen molar-refractivity contribution < 1.29 is 27.6 Å². The van der Waals surface area contributed by atoms with Gasteiger partial charge in [-0.2, -0.15) is 18.2 Å². The lowest BCUT2D eigenvalue weighted by atomic mass is 10.1. The summed E-state index contributed by atoms with van der Waals surface area (Å²) >= 11 is 0. The van der Waals surface area contributed by atoms with Crippen molar-refractivity contribution in [1.29, 1.82) is 0 Å². The van der Waals surface area contributed by atoms with Crippen LogP contribution in [0.4, 0.5) is 13.2 Å². The number of benzene rings is 1. The van der Waals surface area contributed by atoms with E-state index in [-0.39, 0.29) is 30.4 Å². The fraction of sp³-hybridized carbons (Fsp3) is 0.400. The van der Waals surface area contributed by atoms with E-state index in [0.717, 1.165) is 18.6 Å². The van der Waals surface area contributed by atoms with Gasteiger partial charge in [-0.05, 0) is 25.1 Å². The highest BCUT2D eigenvalue weighted by molar-refractivity contribution is 5.69. The van der Waals surface area contributed by atoms with E-state index in [9.17, 15) is 18.0 Å². The number of alkyl halides is 3. The third kappa shape index (κ3) is 4.79. The molecule has 24 heavy (non-hydrogen) atoms. The molecule has 1 N–H and O–H groups in total. The summed E-state index contributed by atoms with van der Waals surface area (Å²) in [5.74, 6) is -0.805. The largest absolute Gasteiger partial charge is 0.480 e. The summed E-state index contributed by atoms with van der Waals surface area (Å²) in [5, 5.41) is 12.5. The van der Waals surface area contributed by atoms with E-state index in [1.54, 1.807) is 4.90 Å². The third-order valence-corrected chi connectivity index (χ3v) is 3.17. The van der Waals surface area contributed by atoms with Crippen molar-refractivity contribution in [2.24, 2.45) is 0 Å². The highest BCUT2D eigenvalue weighted by Crippen LogP contribution is 2.31. The summed E-state index contributed by atoms with van der Waals surface area (Å²) < 4.78 is 43.2. The van der Waals surface area contributed by atoms with Crippen molar-refractivity contribution in [1.82, 2.24) is 15.0 Å². The van der Waals surface area contributed by atoms with Crippen LogP contribution in [-0.4, -0.2) is 39.2 Å². The van der Waals surface area contributed by atoms with Crippen molar-refractivity contribution in [2.45, 2.75) is 26.1 Å². The second-order valence-electron chi connectivity index (χ2n) is 5.19. The number of aliphatic carboxylic acids is 1. The van der Waals surface area contributed by atoms with Crippen LogP contribution in [0.25, 0.3) is 11.4 Å². The van der Waals surface area contributed by atoms with Crippen LogP contribution in [0.1, 0.15) is 24.8 Å². The van der Waals surface area contributed by atoms with Crippen molar-refractivity contribution in [3.05, 3.63) is 35.7 Å². The number of halogens is 3. The summed E-state index contributed by atoms with van der Waals surface area (Å²) in [6, 6.07) is 4.61. The molecule has 0 aliphatic carbocycles. The molecule has 6 nitrogen and oxygen atoms in total. The molecule has 0 amide bonds. The van der Waals surface area contributed by atoms with Crippen LogP contribution >= 0.6 is 0 Å². The van der Waals surface area contributed by atoms with Crippen LogP contribution in [0.5, 0.6) is 0 Å². The monoisotopic (exact) mass is 343 g/mol. The summed E-state index contributed by atoms with van der Waals surface area (Å²) in [4.78, 5) is 16.5. The Kier molecular flexibility index (Phi) is 5.55. The molecule has 0 spiro atoms. The molecule has 9 heteroatoms. The maximum absolute atomic E-state index is 12.7. The van der Waals surface area contributed by atoms with Crippen molar-refractivity contribution >= 4 is 5.97 Å². The summed E-state index contributed by atoms with van der Waals surface area (Å²) in [6.45, 7) is 2.35. The van der Waals surface area contributed by atoms with Gasteiger partial charge in [0.1, 0.15) is 0 Å².